The summed E-state index contributed by atoms with van der Waals surface area (Å²) >= 11 is 5.85. The van der Waals surface area contributed by atoms with E-state index in [1.165, 1.54) is 32.4 Å². The summed E-state index contributed by atoms with van der Waals surface area (Å²) in [5.74, 6) is 0. The second-order valence-corrected chi connectivity index (χ2v) is 5.36. The van der Waals surface area contributed by atoms with Crippen molar-refractivity contribution in [2.75, 3.05) is 26.2 Å². The van der Waals surface area contributed by atoms with Gasteiger partial charge in [0.1, 0.15) is 6.61 Å². The van der Waals surface area contributed by atoms with Crippen molar-refractivity contribution in [3.63, 3.8) is 0 Å². The molecule has 1 aromatic carbocycles. The molecule has 0 atom stereocenters. The Balaban J connectivity index is 1.73. The number of hydrogen-bond donors (Lipinski definition) is 0. The number of nitrogens with zero attached hydrogens (tertiary/aromatic N) is 2. The van der Waals surface area contributed by atoms with E-state index in [1.807, 2.05) is 31.2 Å². The van der Waals surface area contributed by atoms with E-state index in [4.69, 9.17) is 16.4 Å². The van der Waals surface area contributed by atoms with Gasteiger partial charge in [0.15, 0.2) is 0 Å². The maximum atomic E-state index is 5.85. The molecular formula is C15H21ClN2O. The quantitative estimate of drug-likeness (QED) is 0.468. The minimum Gasteiger partial charge on any atom is -0.394 e. The zero-order valence-electron chi connectivity index (χ0n) is 11.4. The van der Waals surface area contributed by atoms with Crippen LogP contribution in [-0.4, -0.2) is 36.9 Å². The maximum absolute atomic E-state index is 5.85. The highest BCUT2D eigenvalue weighted by Crippen LogP contribution is 2.11. The van der Waals surface area contributed by atoms with E-state index in [0.29, 0.717) is 6.61 Å². The Morgan fingerprint density at radius 1 is 1.21 bits per heavy atom. The molecule has 0 unspecified atom stereocenters. The van der Waals surface area contributed by atoms with Crippen molar-refractivity contribution in [3.8, 4) is 0 Å². The molecule has 0 amide bonds. The highest BCUT2D eigenvalue weighted by Gasteiger charge is 2.09. The molecule has 1 heterocycles. The third-order valence-corrected chi connectivity index (χ3v) is 3.66. The summed E-state index contributed by atoms with van der Waals surface area (Å²) in [4.78, 5) is 7.84. The van der Waals surface area contributed by atoms with E-state index in [9.17, 15) is 0 Å². The fraction of sp³-hybridized carbons (Fsp3) is 0.533. The molecule has 0 spiro atoms. The molecule has 1 aliphatic rings. The average Bonchev–Trinajstić information content (AvgIpc) is 2.45. The van der Waals surface area contributed by atoms with Gasteiger partial charge in [-0.3, -0.25) is 4.90 Å². The van der Waals surface area contributed by atoms with Crippen molar-refractivity contribution in [3.05, 3.63) is 34.9 Å². The van der Waals surface area contributed by atoms with Gasteiger partial charge in [-0.15, -0.1) is 0 Å². The SMILES string of the molecule is C/C(=N/OCCN1CCCCC1)c1ccc(Cl)cc1. The van der Waals surface area contributed by atoms with E-state index in [-0.39, 0.29) is 0 Å². The molecule has 0 bridgehead atoms. The predicted molar refractivity (Wildman–Crippen MR) is 79.9 cm³/mol. The van der Waals surface area contributed by atoms with E-state index >= 15 is 0 Å². The summed E-state index contributed by atoms with van der Waals surface area (Å²) in [6.45, 7) is 5.97. The van der Waals surface area contributed by atoms with Crippen LogP contribution in [-0.2, 0) is 4.84 Å². The monoisotopic (exact) mass is 280 g/mol. The van der Waals surface area contributed by atoms with Gasteiger partial charge in [0.2, 0.25) is 0 Å². The molecule has 1 saturated heterocycles. The summed E-state index contributed by atoms with van der Waals surface area (Å²) in [5.41, 5.74) is 1.93. The molecule has 1 aliphatic heterocycles. The molecule has 0 aliphatic carbocycles. The standard InChI is InChI=1S/C15H21ClN2O/c1-13(14-5-7-15(16)8-6-14)17-19-12-11-18-9-3-2-4-10-18/h5-8H,2-4,9-12H2,1H3/b17-13-. The highest BCUT2D eigenvalue weighted by atomic mass is 35.5. The van der Waals surface area contributed by atoms with Gasteiger partial charge < -0.3 is 4.84 Å². The van der Waals surface area contributed by atoms with E-state index in [1.54, 1.807) is 0 Å². The molecule has 0 saturated carbocycles. The zero-order valence-corrected chi connectivity index (χ0v) is 12.2. The van der Waals surface area contributed by atoms with Crippen molar-refractivity contribution in [1.82, 2.24) is 4.90 Å². The summed E-state index contributed by atoms with van der Waals surface area (Å²) in [5, 5.41) is 4.89. The third-order valence-electron chi connectivity index (χ3n) is 3.41. The minimum atomic E-state index is 0.658. The first-order chi connectivity index (χ1) is 9.25. The van der Waals surface area contributed by atoms with Gasteiger partial charge in [-0.2, -0.15) is 0 Å². The van der Waals surface area contributed by atoms with Crippen LogP contribution in [0.2, 0.25) is 5.02 Å². The Kier molecular flexibility index (Phi) is 5.67. The molecule has 1 aromatic rings. The number of likely N-dealkylation sites (tertiary alicyclic amines) is 1. The lowest BCUT2D eigenvalue weighted by atomic mass is 10.1. The first-order valence-corrected chi connectivity index (χ1v) is 7.28. The molecule has 0 aromatic heterocycles. The van der Waals surface area contributed by atoms with Crippen LogP contribution in [0.3, 0.4) is 0 Å². The number of piperidine rings is 1. The Morgan fingerprint density at radius 2 is 1.89 bits per heavy atom. The molecule has 104 valence electrons. The average molecular weight is 281 g/mol. The molecule has 0 N–H and O–H groups in total. The predicted octanol–water partition coefficient (Wildman–Crippen LogP) is 3.57. The normalized spacial score (nSPS) is 17.5. The van der Waals surface area contributed by atoms with Gasteiger partial charge in [-0.1, -0.05) is 35.3 Å². The lowest BCUT2D eigenvalue weighted by Crippen LogP contribution is -2.32. The Labute approximate surface area is 120 Å². The number of oxime groups is 1. The summed E-state index contributed by atoms with van der Waals surface area (Å²) in [7, 11) is 0. The zero-order chi connectivity index (χ0) is 13.5. The molecule has 2 rings (SSSR count). The molecule has 1 fully saturated rings. The molecule has 0 radical (unpaired) electrons. The topological polar surface area (TPSA) is 24.8 Å². The Morgan fingerprint density at radius 3 is 2.58 bits per heavy atom. The van der Waals surface area contributed by atoms with Gasteiger partial charge in [0.05, 0.1) is 5.71 Å². The van der Waals surface area contributed by atoms with Gasteiger partial charge in [0, 0.05) is 11.6 Å². The first kappa shape index (κ1) is 14.4. The highest BCUT2D eigenvalue weighted by molar-refractivity contribution is 6.30. The van der Waals surface area contributed by atoms with E-state index in [0.717, 1.165) is 22.8 Å². The van der Waals surface area contributed by atoms with Crippen LogP contribution < -0.4 is 0 Å². The van der Waals surface area contributed by atoms with Crippen molar-refractivity contribution >= 4 is 17.3 Å². The van der Waals surface area contributed by atoms with Crippen LogP contribution in [0.25, 0.3) is 0 Å². The summed E-state index contributed by atoms with van der Waals surface area (Å²) in [6, 6.07) is 7.64. The van der Waals surface area contributed by atoms with Crippen molar-refractivity contribution in [1.29, 1.82) is 0 Å². The van der Waals surface area contributed by atoms with Crippen LogP contribution >= 0.6 is 11.6 Å². The fourth-order valence-electron chi connectivity index (χ4n) is 2.24. The fourth-order valence-corrected chi connectivity index (χ4v) is 2.37. The lowest BCUT2D eigenvalue weighted by molar-refractivity contribution is 0.102. The number of hydrogen-bond acceptors (Lipinski definition) is 3. The Hall–Kier alpha value is -1.06. The second-order valence-electron chi connectivity index (χ2n) is 4.92. The number of benzene rings is 1. The summed E-state index contributed by atoms with van der Waals surface area (Å²) in [6.07, 6.45) is 3.99. The van der Waals surface area contributed by atoms with Gasteiger partial charge in [0.25, 0.3) is 0 Å². The van der Waals surface area contributed by atoms with Crippen LogP contribution in [0.1, 0.15) is 31.7 Å². The van der Waals surface area contributed by atoms with Gasteiger partial charge in [-0.25, -0.2) is 0 Å². The molecule has 4 heteroatoms. The van der Waals surface area contributed by atoms with Crippen molar-refractivity contribution in [2.45, 2.75) is 26.2 Å². The smallest absolute Gasteiger partial charge is 0.129 e. The van der Waals surface area contributed by atoms with Gasteiger partial charge in [-0.05, 0) is 50.6 Å². The number of rotatable bonds is 5. The maximum Gasteiger partial charge on any atom is 0.129 e. The van der Waals surface area contributed by atoms with Crippen LogP contribution in [0.15, 0.2) is 29.4 Å². The van der Waals surface area contributed by atoms with Crippen LogP contribution in [0.4, 0.5) is 0 Å². The minimum absolute atomic E-state index is 0.658. The largest absolute Gasteiger partial charge is 0.394 e. The third kappa shape index (κ3) is 4.84. The van der Waals surface area contributed by atoms with Crippen molar-refractivity contribution < 1.29 is 4.84 Å². The molecular weight excluding hydrogens is 260 g/mol. The molecule has 19 heavy (non-hydrogen) atoms. The van der Waals surface area contributed by atoms with Crippen LogP contribution in [0, 0.1) is 0 Å². The molecule has 3 nitrogen and oxygen atoms in total. The lowest BCUT2D eigenvalue weighted by Gasteiger charge is -2.25. The van der Waals surface area contributed by atoms with Gasteiger partial charge >= 0.3 is 0 Å². The second kappa shape index (κ2) is 7.51. The number of halogens is 1. The Bertz CT molecular complexity index is 411. The van der Waals surface area contributed by atoms with Crippen molar-refractivity contribution in [2.24, 2.45) is 5.16 Å². The van der Waals surface area contributed by atoms with E-state index in [2.05, 4.69) is 10.1 Å². The van der Waals surface area contributed by atoms with Crippen LogP contribution in [0.5, 0.6) is 0 Å². The first-order valence-electron chi connectivity index (χ1n) is 6.90. The summed E-state index contributed by atoms with van der Waals surface area (Å²) < 4.78 is 0. The van der Waals surface area contributed by atoms with E-state index < -0.39 is 0 Å².